The molecule has 3 rings (SSSR count). The van der Waals surface area contributed by atoms with Crippen LogP contribution in [-0.4, -0.2) is 12.0 Å². The Balaban J connectivity index is 2.21. The lowest BCUT2D eigenvalue weighted by Crippen LogP contribution is -2.04. The molecule has 0 heterocycles. The fourth-order valence-corrected chi connectivity index (χ4v) is 3.03. The molecule has 104 valence electrons. The molecule has 0 bridgehead atoms. The fraction of sp³-hybridized carbons (Fsp3) is 0.0556. The van der Waals surface area contributed by atoms with Crippen molar-refractivity contribution in [1.82, 2.24) is 0 Å². The number of halogens is 1. The number of carbonyl (C=O) groups is 1. The van der Waals surface area contributed by atoms with Crippen LogP contribution in [0.25, 0.3) is 10.8 Å². The molecular formula is C18H13FOS. The third-order valence-electron chi connectivity index (χ3n) is 3.47. The van der Waals surface area contributed by atoms with Gasteiger partial charge in [-0.05, 0) is 35.9 Å². The highest BCUT2D eigenvalue weighted by molar-refractivity contribution is 7.98. The van der Waals surface area contributed by atoms with Gasteiger partial charge < -0.3 is 0 Å². The molecule has 1 nitrogen and oxygen atoms in total. The van der Waals surface area contributed by atoms with Crippen LogP contribution in [0.3, 0.4) is 0 Å². The van der Waals surface area contributed by atoms with Gasteiger partial charge in [0.25, 0.3) is 0 Å². The predicted molar refractivity (Wildman–Crippen MR) is 85.6 cm³/mol. The topological polar surface area (TPSA) is 17.1 Å². The Hall–Kier alpha value is -2.13. The number of carbonyl (C=O) groups excluding carboxylic acids is 1. The van der Waals surface area contributed by atoms with Crippen LogP contribution in [0.15, 0.2) is 65.6 Å². The van der Waals surface area contributed by atoms with Crippen molar-refractivity contribution in [3.05, 3.63) is 77.6 Å². The van der Waals surface area contributed by atoms with Gasteiger partial charge >= 0.3 is 0 Å². The molecule has 0 saturated heterocycles. The third-order valence-corrected chi connectivity index (χ3v) is 4.26. The molecule has 0 amide bonds. The van der Waals surface area contributed by atoms with Gasteiger partial charge in [0.1, 0.15) is 5.82 Å². The Kier molecular flexibility index (Phi) is 3.76. The molecule has 0 saturated carbocycles. The lowest BCUT2D eigenvalue weighted by atomic mass is 9.97. The normalized spacial score (nSPS) is 10.8. The summed E-state index contributed by atoms with van der Waals surface area (Å²) in [4.78, 5) is 13.7. The van der Waals surface area contributed by atoms with E-state index in [-0.39, 0.29) is 11.6 Å². The number of thioether (sulfide) groups is 1. The molecule has 0 aliphatic heterocycles. The van der Waals surface area contributed by atoms with Crippen LogP contribution < -0.4 is 0 Å². The maximum absolute atomic E-state index is 13.9. The van der Waals surface area contributed by atoms with Gasteiger partial charge in [0.05, 0.1) is 0 Å². The van der Waals surface area contributed by atoms with E-state index in [9.17, 15) is 9.18 Å². The summed E-state index contributed by atoms with van der Waals surface area (Å²) in [5.41, 5.74) is 1.19. The van der Waals surface area contributed by atoms with Gasteiger partial charge in [0, 0.05) is 21.4 Å². The average Bonchev–Trinajstić information content (AvgIpc) is 2.55. The summed E-state index contributed by atoms with van der Waals surface area (Å²) in [6.07, 6.45) is 1.94. The van der Waals surface area contributed by atoms with E-state index < -0.39 is 0 Å². The van der Waals surface area contributed by atoms with E-state index in [0.29, 0.717) is 21.9 Å². The molecule has 0 radical (unpaired) electrons. The molecule has 0 aliphatic carbocycles. The average molecular weight is 296 g/mol. The summed E-state index contributed by atoms with van der Waals surface area (Å²) >= 11 is 1.53. The van der Waals surface area contributed by atoms with Crippen molar-refractivity contribution in [2.45, 2.75) is 4.90 Å². The second-order valence-corrected chi connectivity index (χ2v) is 5.52. The molecule has 0 atom stereocenters. The zero-order valence-electron chi connectivity index (χ0n) is 11.5. The maximum Gasteiger partial charge on any atom is 0.194 e. The summed E-state index contributed by atoms with van der Waals surface area (Å²) < 4.78 is 13.9. The van der Waals surface area contributed by atoms with Gasteiger partial charge in [0.2, 0.25) is 0 Å². The molecule has 3 aromatic rings. The summed E-state index contributed by atoms with van der Waals surface area (Å²) in [7, 11) is 0. The molecule has 3 heteroatoms. The zero-order valence-corrected chi connectivity index (χ0v) is 12.3. The Morgan fingerprint density at radius 1 is 0.857 bits per heavy atom. The van der Waals surface area contributed by atoms with Gasteiger partial charge in [-0.25, -0.2) is 4.39 Å². The van der Waals surface area contributed by atoms with E-state index in [2.05, 4.69) is 0 Å². The molecular weight excluding hydrogens is 283 g/mol. The second kappa shape index (κ2) is 5.70. The molecule has 0 fully saturated rings. The van der Waals surface area contributed by atoms with Crippen molar-refractivity contribution in [1.29, 1.82) is 0 Å². The Bertz CT molecular complexity index is 826. The minimum Gasteiger partial charge on any atom is -0.289 e. The van der Waals surface area contributed by atoms with E-state index in [1.54, 1.807) is 24.3 Å². The quantitative estimate of drug-likeness (QED) is 0.503. The van der Waals surface area contributed by atoms with Crippen LogP contribution in [0.2, 0.25) is 0 Å². The van der Waals surface area contributed by atoms with Crippen molar-refractivity contribution in [3.63, 3.8) is 0 Å². The van der Waals surface area contributed by atoms with Crippen molar-refractivity contribution in [2.75, 3.05) is 6.26 Å². The van der Waals surface area contributed by atoms with Gasteiger partial charge in [-0.2, -0.15) is 0 Å². The standard InChI is InChI=1S/C18H13FOS/c1-21-17-9-5-4-8-15(17)18(20)14-10-11-16(19)13-7-3-2-6-12(13)14/h2-11H,1H3. The number of rotatable bonds is 3. The van der Waals surface area contributed by atoms with Crippen molar-refractivity contribution in [3.8, 4) is 0 Å². The van der Waals surface area contributed by atoms with E-state index in [0.717, 1.165) is 4.90 Å². The first-order valence-electron chi connectivity index (χ1n) is 6.57. The number of hydrogen-bond donors (Lipinski definition) is 0. The van der Waals surface area contributed by atoms with Crippen LogP contribution in [-0.2, 0) is 0 Å². The molecule has 0 aliphatic rings. The summed E-state index contributed by atoms with van der Waals surface area (Å²) in [5, 5.41) is 1.13. The second-order valence-electron chi connectivity index (χ2n) is 4.67. The van der Waals surface area contributed by atoms with Gasteiger partial charge in [0.15, 0.2) is 5.78 Å². The lowest BCUT2D eigenvalue weighted by molar-refractivity contribution is 0.103. The summed E-state index contributed by atoms with van der Waals surface area (Å²) in [6, 6.07) is 17.5. The van der Waals surface area contributed by atoms with Gasteiger partial charge in [-0.1, -0.05) is 36.4 Å². The van der Waals surface area contributed by atoms with E-state index in [4.69, 9.17) is 0 Å². The molecule has 21 heavy (non-hydrogen) atoms. The van der Waals surface area contributed by atoms with Crippen LogP contribution in [0, 0.1) is 5.82 Å². The highest BCUT2D eigenvalue weighted by Crippen LogP contribution is 2.27. The van der Waals surface area contributed by atoms with E-state index in [1.807, 2.05) is 36.6 Å². The lowest BCUT2D eigenvalue weighted by Gasteiger charge is -2.09. The molecule has 0 aromatic heterocycles. The molecule has 0 unspecified atom stereocenters. The van der Waals surface area contributed by atoms with E-state index >= 15 is 0 Å². The largest absolute Gasteiger partial charge is 0.289 e. The first-order chi connectivity index (χ1) is 10.2. The first-order valence-corrected chi connectivity index (χ1v) is 7.80. The third kappa shape index (κ3) is 2.45. The van der Waals surface area contributed by atoms with Crippen LogP contribution in [0.5, 0.6) is 0 Å². The SMILES string of the molecule is CSc1ccccc1C(=O)c1ccc(F)c2ccccc12. The highest BCUT2D eigenvalue weighted by atomic mass is 32.2. The minimum absolute atomic E-state index is 0.0730. The van der Waals surface area contributed by atoms with Crippen molar-refractivity contribution >= 4 is 28.3 Å². The van der Waals surface area contributed by atoms with Crippen LogP contribution in [0.4, 0.5) is 4.39 Å². The highest BCUT2D eigenvalue weighted by Gasteiger charge is 2.16. The Morgan fingerprint density at radius 3 is 2.29 bits per heavy atom. The molecule has 0 N–H and O–H groups in total. The summed E-state index contributed by atoms with van der Waals surface area (Å²) in [6.45, 7) is 0. The fourth-order valence-electron chi connectivity index (χ4n) is 2.44. The summed E-state index contributed by atoms with van der Waals surface area (Å²) in [5.74, 6) is -0.378. The van der Waals surface area contributed by atoms with Crippen LogP contribution in [0.1, 0.15) is 15.9 Å². The van der Waals surface area contributed by atoms with Crippen LogP contribution >= 0.6 is 11.8 Å². The monoisotopic (exact) mass is 296 g/mol. The first kappa shape index (κ1) is 13.8. The number of benzene rings is 3. The number of ketones is 1. The smallest absolute Gasteiger partial charge is 0.194 e. The van der Waals surface area contributed by atoms with Gasteiger partial charge in [-0.15, -0.1) is 11.8 Å². The minimum atomic E-state index is -0.305. The van der Waals surface area contributed by atoms with Crippen molar-refractivity contribution in [2.24, 2.45) is 0 Å². The number of hydrogen-bond acceptors (Lipinski definition) is 2. The Morgan fingerprint density at radius 2 is 1.52 bits per heavy atom. The zero-order chi connectivity index (χ0) is 14.8. The molecule has 0 spiro atoms. The predicted octanol–water partition coefficient (Wildman–Crippen LogP) is 4.93. The maximum atomic E-state index is 13.9. The van der Waals surface area contributed by atoms with Gasteiger partial charge in [-0.3, -0.25) is 4.79 Å². The number of fused-ring (bicyclic) bond motifs is 1. The van der Waals surface area contributed by atoms with E-state index in [1.165, 1.54) is 17.8 Å². The van der Waals surface area contributed by atoms with Crippen molar-refractivity contribution < 1.29 is 9.18 Å². The molecule has 3 aromatic carbocycles. The Labute approximate surface area is 126 Å².